The van der Waals surface area contributed by atoms with Crippen LogP contribution in [0.25, 0.3) is 0 Å². The Kier molecular flexibility index (Phi) is 8.16. The van der Waals surface area contributed by atoms with Gasteiger partial charge in [0.1, 0.15) is 30.2 Å². The van der Waals surface area contributed by atoms with E-state index in [9.17, 15) is 27.9 Å². The number of amides is 3. The number of carbonyl (C=O) groups excluding carboxylic acids is 2. The monoisotopic (exact) mass is 618 g/mol. The number of hydrogen-bond acceptors (Lipinski definition) is 7. The molecule has 0 radical (unpaired) electrons. The molecular formula is C29H35FN4O8S. The average molecular weight is 619 g/mol. The van der Waals surface area contributed by atoms with Crippen molar-refractivity contribution in [3.8, 4) is 5.75 Å². The van der Waals surface area contributed by atoms with Crippen molar-refractivity contribution < 1.29 is 41.8 Å². The van der Waals surface area contributed by atoms with E-state index in [-0.39, 0.29) is 36.6 Å². The van der Waals surface area contributed by atoms with Crippen molar-refractivity contribution in [2.24, 2.45) is 5.92 Å². The Morgan fingerprint density at radius 2 is 1.88 bits per heavy atom. The first-order valence-corrected chi connectivity index (χ1v) is 15.5. The number of carbonyl (C=O) groups is 3. The Bertz CT molecular complexity index is 1530. The summed E-state index contributed by atoms with van der Waals surface area (Å²) in [6.07, 6.45) is 0.744. The largest absolute Gasteiger partial charge is 0.487 e. The number of carboxylic acid groups (broad SMARTS) is 1. The fourth-order valence-corrected chi connectivity index (χ4v) is 6.45. The minimum atomic E-state index is -4.42. The molecule has 232 valence electrons. The van der Waals surface area contributed by atoms with Gasteiger partial charge in [-0.2, -0.15) is 8.42 Å². The SMILES string of the molecule is CC(C)(C)OC(=O)N(CCC1CC1)C[C@H]1Cc2c(cc(OCc3ccccc3)c(N3CC(=O)NS3(=O)=O)c2F)N1C(=O)O. The van der Waals surface area contributed by atoms with Crippen molar-refractivity contribution in [2.45, 2.75) is 64.7 Å². The van der Waals surface area contributed by atoms with Crippen molar-refractivity contribution in [3.63, 3.8) is 0 Å². The van der Waals surface area contributed by atoms with Crippen LogP contribution in [0.15, 0.2) is 36.4 Å². The highest BCUT2D eigenvalue weighted by atomic mass is 32.2. The van der Waals surface area contributed by atoms with Crippen molar-refractivity contribution in [2.75, 3.05) is 28.8 Å². The van der Waals surface area contributed by atoms with Crippen molar-refractivity contribution >= 4 is 39.7 Å². The van der Waals surface area contributed by atoms with Gasteiger partial charge in [0.2, 0.25) is 0 Å². The molecule has 1 saturated carbocycles. The summed E-state index contributed by atoms with van der Waals surface area (Å²) in [5, 5.41) is 10.3. The van der Waals surface area contributed by atoms with Gasteiger partial charge in [0.05, 0.1) is 11.7 Å². The third kappa shape index (κ3) is 6.79. The molecule has 2 aromatic rings. The number of hydrogen-bond donors (Lipinski definition) is 2. The van der Waals surface area contributed by atoms with Gasteiger partial charge in [-0.1, -0.05) is 43.2 Å². The summed E-state index contributed by atoms with van der Waals surface area (Å²) in [5.74, 6) is -1.62. The number of nitrogens with one attached hydrogen (secondary N) is 1. The summed E-state index contributed by atoms with van der Waals surface area (Å²) >= 11 is 0. The Balaban J connectivity index is 1.52. The molecule has 2 fully saturated rings. The van der Waals surface area contributed by atoms with E-state index in [4.69, 9.17) is 9.47 Å². The Labute approximate surface area is 249 Å². The summed E-state index contributed by atoms with van der Waals surface area (Å²) in [7, 11) is -4.42. The Hall–Kier alpha value is -4.07. The molecular weight excluding hydrogens is 583 g/mol. The van der Waals surface area contributed by atoms with E-state index in [2.05, 4.69) is 0 Å². The van der Waals surface area contributed by atoms with Crippen molar-refractivity contribution in [1.82, 2.24) is 9.62 Å². The second kappa shape index (κ2) is 11.5. The zero-order valence-corrected chi connectivity index (χ0v) is 25.0. The number of nitrogens with zero attached hydrogens (tertiary/aromatic N) is 3. The van der Waals surface area contributed by atoms with E-state index in [1.54, 1.807) is 51.1 Å². The molecule has 3 aliphatic rings. The smallest absolute Gasteiger partial charge is 0.412 e. The second-order valence-corrected chi connectivity index (χ2v) is 13.6. The van der Waals surface area contributed by atoms with Gasteiger partial charge < -0.3 is 19.5 Å². The zero-order chi connectivity index (χ0) is 31.1. The first-order valence-electron chi connectivity index (χ1n) is 14.1. The molecule has 14 heteroatoms. The average Bonchev–Trinajstić information content (AvgIpc) is 3.60. The number of benzene rings is 2. The van der Waals surface area contributed by atoms with Crippen LogP contribution in [0.2, 0.25) is 0 Å². The fourth-order valence-electron chi connectivity index (χ4n) is 5.29. The maximum absolute atomic E-state index is 16.4. The maximum Gasteiger partial charge on any atom is 0.412 e. The lowest BCUT2D eigenvalue weighted by molar-refractivity contribution is -0.117. The van der Waals surface area contributed by atoms with Crippen molar-refractivity contribution in [3.05, 3.63) is 53.3 Å². The van der Waals surface area contributed by atoms with Crippen molar-refractivity contribution in [1.29, 1.82) is 0 Å². The van der Waals surface area contributed by atoms with Crippen LogP contribution in [0, 0.1) is 11.7 Å². The highest BCUT2D eigenvalue weighted by Crippen LogP contribution is 2.46. The van der Waals surface area contributed by atoms with Crippen LogP contribution in [0.4, 0.5) is 25.4 Å². The predicted octanol–water partition coefficient (Wildman–Crippen LogP) is 4.03. The normalized spacial score (nSPS) is 19.2. The van der Waals surface area contributed by atoms with Gasteiger partial charge in [-0.05, 0) is 38.7 Å². The standard InChI is InChI=1S/C29H35FN4O8S/c1-29(2,3)42-28(38)32(12-11-18-9-10-18)15-20-13-21-22(34(20)27(36)37)14-23(41-17-19-7-5-4-6-8-19)26(25(21)30)33-16-24(35)31-43(33,39)40/h4-8,14,18,20H,9-13,15-17H2,1-3H3,(H,31,35)(H,36,37)/t20-/m1/s1. The number of halogens is 1. The molecule has 0 unspecified atom stereocenters. The number of ether oxygens (including phenoxy) is 2. The third-order valence-electron chi connectivity index (χ3n) is 7.45. The zero-order valence-electron chi connectivity index (χ0n) is 24.2. The van der Waals surface area contributed by atoms with Crippen LogP contribution >= 0.6 is 0 Å². The minimum absolute atomic E-state index is 0.0241. The number of fused-ring (bicyclic) bond motifs is 1. The van der Waals surface area contributed by atoms with Gasteiger partial charge in [0, 0.05) is 31.1 Å². The van der Waals surface area contributed by atoms with Gasteiger partial charge >= 0.3 is 22.4 Å². The van der Waals surface area contributed by atoms with Gasteiger partial charge in [0.25, 0.3) is 5.91 Å². The molecule has 2 N–H and O–H groups in total. The van der Waals surface area contributed by atoms with Crippen LogP contribution in [0.3, 0.4) is 0 Å². The lowest BCUT2D eigenvalue weighted by atomic mass is 10.1. The second-order valence-electron chi connectivity index (χ2n) is 12.0. The number of rotatable bonds is 9. The van der Waals surface area contributed by atoms with E-state index in [0.29, 0.717) is 22.3 Å². The summed E-state index contributed by atoms with van der Waals surface area (Å²) in [5.41, 5.74) is -0.653. The molecule has 2 heterocycles. The first kappa shape index (κ1) is 30.4. The molecule has 2 aromatic carbocycles. The molecule has 1 aliphatic carbocycles. The van der Waals surface area contributed by atoms with Crippen LogP contribution in [0.5, 0.6) is 5.75 Å². The van der Waals surface area contributed by atoms with E-state index >= 15 is 4.39 Å². The lowest BCUT2D eigenvalue weighted by Crippen LogP contribution is -2.48. The van der Waals surface area contributed by atoms with Crippen LogP contribution in [-0.4, -0.2) is 67.8 Å². The molecule has 43 heavy (non-hydrogen) atoms. The summed E-state index contributed by atoms with van der Waals surface area (Å²) in [6, 6.07) is 9.25. The molecule has 12 nitrogen and oxygen atoms in total. The molecule has 5 rings (SSSR count). The van der Waals surface area contributed by atoms with Gasteiger partial charge in [0.15, 0.2) is 5.82 Å². The van der Waals surface area contributed by atoms with E-state index in [1.165, 1.54) is 11.0 Å². The summed E-state index contributed by atoms with van der Waals surface area (Å²) < 4.78 is 55.9. The molecule has 1 atom stereocenters. The van der Waals surface area contributed by atoms with E-state index < -0.39 is 58.0 Å². The van der Waals surface area contributed by atoms with Crippen LogP contribution in [0.1, 0.15) is 51.2 Å². The highest BCUT2D eigenvalue weighted by molar-refractivity contribution is 7.92. The van der Waals surface area contributed by atoms with Gasteiger partial charge in [-0.3, -0.25) is 9.69 Å². The van der Waals surface area contributed by atoms with Crippen LogP contribution < -0.4 is 18.7 Å². The third-order valence-corrected chi connectivity index (χ3v) is 8.83. The molecule has 0 spiro atoms. The summed E-state index contributed by atoms with van der Waals surface area (Å²) in [4.78, 5) is 40.2. The predicted molar refractivity (Wildman–Crippen MR) is 155 cm³/mol. The Morgan fingerprint density at radius 1 is 1.19 bits per heavy atom. The fraction of sp³-hybridized carbons (Fsp3) is 0.483. The van der Waals surface area contributed by atoms with E-state index in [0.717, 1.165) is 24.2 Å². The molecule has 1 saturated heterocycles. The first-order chi connectivity index (χ1) is 20.2. The quantitative estimate of drug-likeness (QED) is 0.429. The van der Waals surface area contributed by atoms with E-state index in [1.807, 2.05) is 4.72 Å². The summed E-state index contributed by atoms with van der Waals surface area (Å²) in [6.45, 7) is 4.74. The Morgan fingerprint density at radius 3 is 2.47 bits per heavy atom. The molecule has 3 amide bonds. The molecule has 2 aliphatic heterocycles. The number of anilines is 2. The lowest BCUT2D eigenvalue weighted by Gasteiger charge is -2.31. The molecule has 0 bridgehead atoms. The molecule has 0 aromatic heterocycles. The van der Waals surface area contributed by atoms with Gasteiger partial charge in [-0.15, -0.1) is 0 Å². The topological polar surface area (TPSA) is 146 Å². The highest BCUT2D eigenvalue weighted by Gasteiger charge is 2.44. The van der Waals surface area contributed by atoms with Gasteiger partial charge in [-0.25, -0.2) is 23.0 Å². The minimum Gasteiger partial charge on any atom is -0.487 e. The maximum atomic E-state index is 16.4. The van der Waals surface area contributed by atoms with Crippen LogP contribution in [-0.2, 0) is 32.8 Å².